The number of carbonyl (C=O) groups is 2. The van der Waals surface area contributed by atoms with Crippen molar-refractivity contribution in [2.75, 3.05) is 30.9 Å². The molecule has 1 aromatic carbocycles. The number of amides is 2. The topological polar surface area (TPSA) is 99.7 Å². The number of nitrogens with one attached hydrogen (secondary N) is 1. The van der Waals surface area contributed by atoms with Gasteiger partial charge in [-0.05, 0) is 49.7 Å². The first kappa shape index (κ1) is 19.8. The van der Waals surface area contributed by atoms with Gasteiger partial charge >= 0.3 is 0 Å². The molecule has 1 fully saturated rings. The van der Waals surface area contributed by atoms with Crippen LogP contribution in [0.25, 0.3) is 0 Å². The summed E-state index contributed by atoms with van der Waals surface area (Å²) < 4.78 is 23.7. The minimum Gasteiger partial charge on any atom is -0.337 e. The summed E-state index contributed by atoms with van der Waals surface area (Å²) in [6.07, 6.45) is 2.35. The summed E-state index contributed by atoms with van der Waals surface area (Å²) in [5, 5.41) is 0. The van der Waals surface area contributed by atoms with E-state index in [9.17, 15) is 18.0 Å². The van der Waals surface area contributed by atoms with Gasteiger partial charge in [0.2, 0.25) is 10.9 Å². The Morgan fingerprint density at radius 1 is 0.964 bits per heavy atom. The third-order valence-electron chi connectivity index (χ3n) is 4.66. The number of thiol groups is 1. The molecule has 2 heterocycles. The van der Waals surface area contributed by atoms with E-state index in [4.69, 9.17) is 0 Å². The SMILES string of the molecule is Cc1ncccc1C(=O)N1CCCN(C(=O)c2ccc(N[SH](=O)=O)cc2)CC1. The second-order valence-electron chi connectivity index (χ2n) is 6.52. The smallest absolute Gasteiger partial charge is 0.255 e. The molecule has 3 rings (SSSR count). The maximum atomic E-state index is 12.8. The van der Waals surface area contributed by atoms with Crippen LogP contribution in [0.1, 0.15) is 32.8 Å². The van der Waals surface area contributed by atoms with Crippen LogP contribution in [-0.4, -0.2) is 61.2 Å². The van der Waals surface area contributed by atoms with E-state index >= 15 is 0 Å². The number of aromatic nitrogens is 1. The van der Waals surface area contributed by atoms with Gasteiger partial charge in [0.15, 0.2) is 0 Å². The fourth-order valence-corrected chi connectivity index (χ4v) is 3.54. The van der Waals surface area contributed by atoms with Crippen LogP contribution in [0.4, 0.5) is 5.69 Å². The molecule has 2 amide bonds. The molecule has 0 unspecified atom stereocenters. The largest absolute Gasteiger partial charge is 0.337 e. The number of pyridine rings is 1. The number of hydrogen-bond donors (Lipinski definition) is 2. The zero-order valence-corrected chi connectivity index (χ0v) is 16.4. The summed E-state index contributed by atoms with van der Waals surface area (Å²) in [5.74, 6) is -0.202. The van der Waals surface area contributed by atoms with Gasteiger partial charge in [0.25, 0.3) is 11.8 Å². The number of carbonyl (C=O) groups excluding carboxylic acids is 2. The molecule has 1 aromatic heterocycles. The summed E-state index contributed by atoms with van der Waals surface area (Å²) in [4.78, 5) is 33.2. The van der Waals surface area contributed by atoms with E-state index in [0.717, 1.165) is 0 Å². The van der Waals surface area contributed by atoms with Crippen molar-refractivity contribution in [3.63, 3.8) is 0 Å². The predicted octanol–water partition coefficient (Wildman–Crippen LogP) is 1.32. The van der Waals surface area contributed by atoms with E-state index < -0.39 is 10.9 Å². The lowest BCUT2D eigenvalue weighted by molar-refractivity contribution is 0.0718. The molecule has 0 atom stereocenters. The average molecular weight is 402 g/mol. The average Bonchev–Trinajstić information content (AvgIpc) is 2.94. The highest BCUT2D eigenvalue weighted by molar-refractivity contribution is 7.73. The number of anilines is 1. The van der Waals surface area contributed by atoms with Gasteiger partial charge in [0.05, 0.1) is 5.56 Å². The zero-order valence-electron chi connectivity index (χ0n) is 15.5. The summed E-state index contributed by atoms with van der Waals surface area (Å²) in [5.41, 5.74) is 2.17. The summed E-state index contributed by atoms with van der Waals surface area (Å²) in [6.45, 7) is 3.84. The molecule has 28 heavy (non-hydrogen) atoms. The molecule has 9 heteroatoms. The highest BCUT2D eigenvalue weighted by atomic mass is 32.2. The van der Waals surface area contributed by atoms with E-state index in [1.54, 1.807) is 52.4 Å². The lowest BCUT2D eigenvalue weighted by Gasteiger charge is -2.22. The van der Waals surface area contributed by atoms with Gasteiger partial charge < -0.3 is 9.80 Å². The van der Waals surface area contributed by atoms with Gasteiger partial charge in [0, 0.05) is 49.3 Å². The van der Waals surface area contributed by atoms with Crippen LogP contribution >= 0.6 is 0 Å². The molecule has 0 saturated carbocycles. The number of aryl methyl sites for hydroxylation is 1. The Hall–Kier alpha value is -2.94. The summed E-state index contributed by atoms with van der Waals surface area (Å²) >= 11 is 0. The molecular formula is C19H22N4O4S. The molecular weight excluding hydrogens is 380 g/mol. The molecule has 1 saturated heterocycles. The molecule has 0 bridgehead atoms. The molecule has 2 aromatic rings. The lowest BCUT2D eigenvalue weighted by Crippen LogP contribution is -2.37. The Labute approximate surface area is 165 Å². The van der Waals surface area contributed by atoms with Crippen LogP contribution in [0, 0.1) is 6.92 Å². The quantitative estimate of drug-likeness (QED) is 0.752. The van der Waals surface area contributed by atoms with Crippen LogP contribution in [0.2, 0.25) is 0 Å². The van der Waals surface area contributed by atoms with Crippen molar-refractivity contribution in [3.8, 4) is 0 Å². The van der Waals surface area contributed by atoms with Crippen LogP contribution in [0.3, 0.4) is 0 Å². The van der Waals surface area contributed by atoms with Gasteiger partial charge in [-0.1, -0.05) is 0 Å². The van der Waals surface area contributed by atoms with Crippen molar-refractivity contribution in [1.29, 1.82) is 0 Å². The van der Waals surface area contributed by atoms with Crippen LogP contribution in [0.15, 0.2) is 42.6 Å². The highest BCUT2D eigenvalue weighted by Crippen LogP contribution is 2.15. The third kappa shape index (κ3) is 4.66. The normalized spacial score (nSPS) is 14.6. The first-order chi connectivity index (χ1) is 13.5. The van der Waals surface area contributed by atoms with Crippen molar-refractivity contribution in [2.24, 2.45) is 0 Å². The van der Waals surface area contributed by atoms with Crippen molar-refractivity contribution in [3.05, 3.63) is 59.4 Å². The Kier molecular flexibility index (Phi) is 6.25. The molecule has 1 N–H and O–H groups in total. The van der Waals surface area contributed by atoms with Gasteiger partial charge in [0.1, 0.15) is 0 Å². The van der Waals surface area contributed by atoms with Crippen molar-refractivity contribution in [1.82, 2.24) is 14.8 Å². The van der Waals surface area contributed by atoms with E-state index in [2.05, 4.69) is 9.71 Å². The Balaban J connectivity index is 1.65. The van der Waals surface area contributed by atoms with Gasteiger partial charge in [-0.25, -0.2) is 8.42 Å². The molecule has 0 spiro atoms. The van der Waals surface area contributed by atoms with Crippen molar-refractivity contribution in [2.45, 2.75) is 13.3 Å². The first-order valence-corrected chi connectivity index (χ1v) is 10.1. The van der Waals surface area contributed by atoms with E-state index in [1.165, 1.54) is 0 Å². The van der Waals surface area contributed by atoms with Gasteiger partial charge in [-0.3, -0.25) is 19.3 Å². The Bertz CT molecular complexity index is 935. The Morgan fingerprint density at radius 2 is 1.61 bits per heavy atom. The second-order valence-corrected chi connectivity index (χ2v) is 7.26. The number of benzene rings is 1. The predicted molar refractivity (Wildman–Crippen MR) is 106 cm³/mol. The fourth-order valence-electron chi connectivity index (χ4n) is 3.18. The maximum Gasteiger partial charge on any atom is 0.255 e. The summed E-state index contributed by atoms with van der Waals surface area (Å²) in [6, 6.07) is 9.81. The molecule has 1 aliphatic rings. The third-order valence-corrected chi connectivity index (χ3v) is 5.10. The van der Waals surface area contributed by atoms with E-state index in [-0.39, 0.29) is 11.8 Å². The number of nitrogens with zero attached hydrogens (tertiary/aromatic N) is 3. The molecule has 0 aliphatic carbocycles. The number of hydrogen-bond acceptors (Lipinski definition) is 5. The monoisotopic (exact) mass is 402 g/mol. The summed E-state index contributed by atoms with van der Waals surface area (Å²) in [7, 11) is -2.74. The van der Waals surface area contributed by atoms with Gasteiger partial charge in [-0.2, -0.15) is 0 Å². The fraction of sp³-hybridized carbons (Fsp3) is 0.316. The molecule has 8 nitrogen and oxygen atoms in total. The van der Waals surface area contributed by atoms with Crippen molar-refractivity contribution >= 4 is 28.4 Å². The van der Waals surface area contributed by atoms with E-state index in [1.807, 2.05) is 6.92 Å². The molecule has 1 aliphatic heterocycles. The zero-order chi connectivity index (χ0) is 20.1. The highest BCUT2D eigenvalue weighted by Gasteiger charge is 2.24. The standard InChI is InChI=1S/C19H22N4O4S/c1-14-17(4-2-9-20-14)19(25)23-11-3-10-22(12-13-23)18(24)15-5-7-16(8-6-15)21-28(26)27/h2,4-9,28H,3,10-13H2,1H3,(H,21,26,27). The van der Waals surface area contributed by atoms with Crippen LogP contribution < -0.4 is 4.72 Å². The van der Waals surface area contributed by atoms with E-state index in [0.29, 0.717) is 55.1 Å². The maximum absolute atomic E-state index is 12.8. The first-order valence-electron chi connectivity index (χ1n) is 8.97. The number of rotatable bonds is 4. The molecule has 148 valence electrons. The van der Waals surface area contributed by atoms with Crippen LogP contribution in [-0.2, 0) is 10.9 Å². The molecule has 0 radical (unpaired) electrons. The van der Waals surface area contributed by atoms with Crippen molar-refractivity contribution < 1.29 is 18.0 Å². The minimum atomic E-state index is -2.74. The lowest BCUT2D eigenvalue weighted by atomic mass is 10.1. The second kappa shape index (κ2) is 8.83. The van der Waals surface area contributed by atoms with Crippen LogP contribution in [0.5, 0.6) is 0 Å². The van der Waals surface area contributed by atoms with Gasteiger partial charge in [-0.15, -0.1) is 0 Å². The Morgan fingerprint density at radius 3 is 2.21 bits per heavy atom. The minimum absolute atomic E-state index is 0.0675.